The Kier molecular flexibility index (Phi) is 2.41. The van der Waals surface area contributed by atoms with Gasteiger partial charge in [0.15, 0.2) is 0 Å². The van der Waals surface area contributed by atoms with E-state index in [1.54, 1.807) is 0 Å². The number of rotatable bonds is 4. The van der Waals surface area contributed by atoms with Crippen molar-refractivity contribution in [3.05, 3.63) is 0 Å². The van der Waals surface area contributed by atoms with E-state index in [1.165, 1.54) is 44.9 Å². The molecule has 0 aliphatic heterocycles. The smallest absolute Gasteiger partial charge is 0.306 e. The van der Waals surface area contributed by atoms with Crippen molar-refractivity contribution in [1.82, 2.24) is 5.32 Å². The zero-order chi connectivity index (χ0) is 13.3. The van der Waals surface area contributed by atoms with Gasteiger partial charge in [-0.2, -0.15) is 0 Å². The van der Waals surface area contributed by atoms with E-state index in [0.29, 0.717) is 5.54 Å². The molecule has 5 fully saturated rings. The number of carboxylic acid groups (broad SMARTS) is 1. The molecule has 5 rings (SSSR count). The van der Waals surface area contributed by atoms with Gasteiger partial charge in [-0.25, -0.2) is 0 Å². The highest BCUT2D eigenvalue weighted by Crippen LogP contribution is 2.64. The minimum Gasteiger partial charge on any atom is -0.481 e. The molecule has 0 aromatic rings. The largest absolute Gasteiger partial charge is 0.481 e. The maximum Gasteiger partial charge on any atom is 0.306 e. The summed E-state index contributed by atoms with van der Waals surface area (Å²) in [5, 5.41) is 13.4. The Morgan fingerprint density at radius 2 is 1.84 bits per heavy atom. The van der Waals surface area contributed by atoms with Crippen LogP contribution in [0.3, 0.4) is 0 Å². The van der Waals surface area contributed by atoms with Gasteiger partial charge in [0.1, 0.15) is 0 Å². The molecule has 3 unspecified atom stereocenters. The average Bonchev–Trinajstić information content (AvgIpc) is 3.09. The highest BCUT2D eigenvalue weighted by atomic mass is 16.4. The summed E-state index contributed by atoms with van der Waals surface area (Å²) in [5.74, 6) is 0.825. The molecule has 3 nitrogen and oxygen atoms in total. The zero-order valence-corrected chi connectivity index (χ0v) is 11.8. The highest BCUT2D eigenvalue weighted by Gasteiger charge is 2.60. The lowest BCUT2D eigenvalue weighted by atomic mass is 9.44. The molecule has 3 atom stereocenters. The Hall–Kier alpha value is -0.570. The third-order valence-corrected chi connectivity index (χ3v) is 6.48. The lowest BCUT2D eigenvalue weighted by molar-refractivity contribution is -0.159. The van der Waals surface area contributed by atoms with Crippen LogP contribution in [0.15, 0.2) is 0 Å². The molecular weight excluding hydrogens is 238 g/mol. The first-order chi connectivity index (χ1) is 9.00. The fourth-order valence-corrected chi connectivity index (χ4v) is 5.93. The van der Waals surface area contributed by atoms with Gasteiger partial charge >= 0.3 is 5.97 Å². The number of hydrogen-bond donors (Lipinski definition) is 2. The van der Waals surface area contributed by atoms with Crippen molar-refractivity contribution < 1.29 is 9.90 Å². The number of aliphatic carboxylic acids is 1. The average molecular weight is 263 g/mol. The fourth-order valence-electron chi connectivity index (χ4n) is 5.93. The van der Waals surface area contributed by atoms with Crippen molar-refractivity contribution in [2.75, 3.05) is 0 Å². The molecule has 4 bridgehead atoms. The van der Waals surface area contributed by atoms with Gasteiger partial charge in [-0.05, 0) is 68.6 Å². The first-order valence-electron chi connectivity index (χ1n) is 8.01. The topological polar surface area (TPSA) is 49.3 Å². The van der Waals surface area contributed by atoms with Gasteiger partial charge in [0.2, 0.25) is 0 Å². The molecule has 0 heterocycles. The monoisotopic (exact) mass is 263 g/mol. The SMILES string of the molecule is CC(C(=O)O)C12CC3CC(CC(NC4CC4)(C3)C1)C2. The Labute approximate surface area is 115 Å². The maximum atomic E-state index is 11.5. The van der Waals surface area contributed by atoms with Crippen LogP contribution < -0.4 is 5.32 Å². The lowest BCUT2D eigenvalue weighted by Gasteiger charge is -2.63. The van der Waals surface area contributed by atoms with Crippen LogP contribution in [0.2, 0.25) is 0 Å². The van der Waals surface area contributed by atoms with E-state index in [-0.39, 0.29) is 11.3 Å². The molecule has 5 saturated carbocycles. The van der Waals surface area contributed by atoms with Crippen LogP contribution in [-0.2, 0) is 4.79 Å². The summed E-state index contributed by atoms with van der Waals surface area (Å²) < 4.78 is 0. The summed E-state index contributed by atoms with van der Waals surface area (Å²) in [6, 6.07) is 0.744. The molecule has 106 valence electrons. The summed E-state index contributed by atoms with van der Waals surface area (Å²) in [4.78, 5) is 11.5. The molecule has 3 heteroatoms. The molecule has 2 N–H and O–H groups in total. The number of hydrogen-bond acceptors (Lipinski definition) is 2. The summed E-state index contributed by atoms with van der Waals surface area (Å²) >= 11 is 0. The Bertz CT molecular complexity index is 395. The van der Waals surface area contributed by atoms with Gasteiger partial charge < -0.3 is 10.4 Å². The van der Waals surface area contributed by atoms with E-state index < -0.39 is 5.97 Å². The summed E-state index contributed by atoms with van der Waals surface area (Å²) in [7, 11) is 0. The fraction of sp³-hybridized carbons (Fsp3) is 0.938. The first kappa shape index (κ1) is 12.2. The molecule has 0 saturated heterocycles. The number of carboxylic acids is 1. The van der Waals surface area contributed by atoms with E-state index in [9.17, 15) is 9.90 Å². The van der Waals surface area contributed by atoms with Gasteiger partial charge in [0.25, 0.3) is 0 Å². The standard InChI is InChI=1S/C16H25NO2/c1-10(14(18)19)15-5-11-4-12(6-15)8-16(7-11,9-15)17-13-2-3-13/h10-13,17H,2-9H2,1H3,(H,18,19). The predicted octanol–water partition coefficient (Wildman–Crippen LogP) is 2.80. The molecule has 0 radical (unpaired) electrons. The predicted molar refractivity (Wildman–Crippen MR) is 72.8 cm³/mol. The number of nitrogens with one attached hydrogen (secondary N) is 1. The molecule has 0 spiro atoms. The van der Waals surface area contributed by atoms with E-state index >= 15 is 0 Å². The molecule has 5 aliphatic rings. The van der Waals surface area contributed by atoms with E-state index in [1.807, 2.05) is 6.92 Å². The second-order valence-corrected chi connectivity index (χ2v) is 8.08. The van der Waals surface area contributed by atoms with Gasteiger partial charge in [-0.15, -0.1) is 0 Å². The van der Waals surface area contributed by atoms with Gasteiger partial charge in [-0.3, -0.25) is 4.79 Å². The van der Waals surface area contributed by atoms with Crippen LogP contribution in [0, 0.1) is 23.2 Å². The molecule has 19 heavy (non-hydrogen) atoms. The molecule has 0 amide bonds. The second kappa shape index (κ2) is 3.75. The third-order valence-electron chi connectivity index (χ3n) is 6.48. The maximum absolute atomic E-state index is 11.5. The van der Waals surface area contributed by atoms with Crippen LogP contribution in [0.5, 0.6) is 0 Å². The Balaban J connectivity index is 1.65. The first-order valence-corrected chi connectivity index (χ1v) is 8.01. The molecule has 0 aromatic heterocycles. The molecular formula is C16H25NO2. The highest BCUT2D eigenvalue weighted by molar-refractivity contribution is 5.70. The zero-order valence-electron chi connectivity index (χ0n) is 11.8. The van der Waals surface area contributed by atoms with Crippen molar-refractivity contribution in [3.63, 3.8) is 0 Å². The quantitative estimate of drug-likeness (QED) is 0.820. The normalized spacial score (nSPS) is 49.3. The van der Waals surface area contributed by atoms with E-state index in [2.05, 4.69) is 5.32 Å². The van der Waals surface area contributed by atoms with Crippen molar-refractivity contribution in [2.45, 2.75) is 69.9 Å². The van der Waals surface area contributed by atoms with Crippen LogP contribution in [-0.4, -0.2) is 22.7 Å². The third kappa shape index (κ3) is 1.84. The van der Waals surface area contributed by atoms with Gasteiger partial charge in [-0.1, -0.05) is 6.92 Å². The second-order valence-electron chi connectivity index (χ2n) is 8.08. The van der Waals surface area contributed by atoms with Crippen LogP contribution in [0.25, 0.3) is 0 Å². The summed E-state index contributed by atoms with van der Waals surface area (Å²) in [6.45, 7) is 1.96. The van der Waals surface area contributed by atoms with Crippen LogP contribution >= 0.6 is 0 Å². The van der Waals surface area contributed by atoms with Crippen molar-refractivity contribution in [3.8, 4) is 0 Å². The van der Waals surface area contributed by atoms with Gasteiger partial charge in [0.05, 0.1) is 5.92 Å². The van der Waals surface area contributed by atoms with Crippen LogP contribution in [0.4, 0.5) is 0 Å². The minimum absolute atomic E-state index is 0.0950. The van der Waals surface area contributed by atoms with E-state index in [0.717, 1.165) is 24.3 Å². The number of carbonyl (C=O) groups is 1. The van der Waals surface area contributed by atoms with Crippen molar-refractivity contribution in [2.24, 2.45) is 23.2 Å². The van der Waals surface area contributed by atoms with Crippen molar-refractivity contribution >= 4 is 5.97 Å². The van der Waals surface area contributed by atoms with E-state index in [4.69, 9.17) is 0 Å². The Morgan fingerprint density at radius 3 is 2.37 bits per heavy atom. The van der Waals surface area contributed by atoms with Crippen molar-refractivity contribution in [1.29, 1.82) is 0 Å². The van der Waals surface area contributed by atoms with Gasteiger partial charge in [0, 0.05) is 11.6 Å². The van der Waals surface area contributed by atoms with Crippen LogP contribution in [0.1, 0.15) is 58.3 Å². The Morgan fingerprint density at radius 1 is 1.21 bits per heavy atom. The summed E-state index contributed by atoms with van der Waals surface area (Å²) in [5.41, 5.74) is 0.396. The minimum atomic E-state index is -0.580. The molecule has 0 aromatic carbocycles. The lowest BCUT2D eigenvalue weighted by Crippen LogP contribution is -2.64. The summed E-state index contributed by atoms with van der Waals surface area (Å²) in [6.07, 6.45) is 10.1. The molecule has 5 aliphatic carbocycles.